The second kappa shape index (κ2) is 4.55. The number of aryl methyl sites for hydroxylation is 1. The van der Waals surface area contributed by atoms with Crippen LogP contribution in [0.25, 0.3) is 10.2 Å². The Kier molecular flexibility index (Phi) is 2.87. The average molecular weight is 271 g/mol. The fraction of sp³-hybridized carbons (Fsp3) is 0.133. The number of methoxy groups -OCH3 is 1. The molecule has 0 radical (unpaired) electrons. The number of rotatable bonds is 3. The van der Waals surface area contributed by atoms with E-state index < -0.39 is 0 Å². The van der Waals surface area contributed by atoms with Crippen molar-refractivity contribution in [3.63, 3.8) is 0 Å². The predicted octanol–water partition coefficient (Wildman–Crippen LogP) is 3.78. The van der Waals surface area contributed by atoms with Crippen LogP contribution < -0.4 is 4.74 Å². The standard InChI is InChI=1S/C15H13NO2S/c1-9-8-19-15-13(9)12(7-16-15)14(17)10-3-5-11(18-2)6-4-10/h3-8,16H,1-2H3. The van der Waals surface area contributed by atoms with Crippen LogP contribution in [0.4, 0.5) is 0 Å². The first-order valence-electron chi connectivity index (χ1n) is 5.94. The average Bonchev–Trinajstić information content (AvgIpc) is 3.02. The van der Waals surface area contributed by atoms with E-state index in [0.717, 1.165) is 27.1 Å². The van der Waals surface area contributed by atoms with Gasteiger partial charge in [0.15, 0.2) is 5.78 Å². The lowest BCUT2D eigenvalue weighted by Crippen LogP contribution is -2.00. The van der Waals surface area contributed by atoms with E-state index in [1.54, 1.807) is 48.9 Å². The molecule has 0 aliphatic heterocycles. The smallest absolute Gasteiger partial charge is 0.195 e. The van der Waals surface area contributed by atoms with Gasteiger partial charge in [-0.25, -0.2) is 0 Å². The summed E-state index contributed by atoms with van der Waals surface area (Å²) in [5.41, 5.74) is 2.55. The molecule has 4 heteroatoms. The molecule has 0 unspecified atom stereocenters. The van der Waals surface area contributed by atoms with Gasteiger partial charge in [0.05, 0.1) is 7.11 Å². The Morgan fingerprint density at radius 1 is 1.26 bits per heavy atom. The Balaban J connectivity index is 2.05. The highest BCUT2D eigenvalue weighted by Crippen LogP contribution is 2.29. The number of thiophene rings is 1. The van der Waals surface area contributed by atoms with E-state index in [1.807, 2.05) is 6.92 Å². The summed E-state index contributed by atoms with van der Waals surface area (Å²) in [6.07, 6.45) is 1.79. The number of ketones is 1. The lowest BCUT2D eigenvalue weighted by molar-refractivity contribution is 0.104. The number of nitrogens with one attached hydrogen (secondary N) is 1. The molecule has 0 atom stereocenters. The van der Waals surface area contributed by atoms with E-state index in [-0.39, 0.29) is 5.78 Å². The molecule has 0 aliphatic carbocycles. The first-order valence-corrected chi connectivity index (χ1v) is 6.82. The summed E-state index contributed by atoms with van der Waals surface area (Å²) < 4.78 is 5.10. The van der Waals surface area contributed by atoms with Crippen molar-refractivity contribution in [2.24, 2.45) is 0 Å². The minimum absolute atomic E-state index is 0.0374. The van der Waals surface area contributed by atoms with Crippen molar-refractivity contribution in [1.82, 2.24) is 4.98 Å². The topological polar surface area (TPSA) is 42.1 Å². The molecule has 1 aromatic carbocycles. The van der Waals surface area contributed by atoms with Crippen LogP contribution in [0.1, 0.15) is 21.5 Å². The second-order valence-electron chi connectivity index (χ2n) is 4.38. The number of ether oxygens (including phenoxy) is 1. The quantitative estimate of drug-likeness (QED) is 0.737. The lowest BCUT2D eigenvalue weighted by atomic mass is 10.0. The second-order valence-corrected chi connectivity index (χ2v) is 5.26. The van der Waals surface area contributed by atoms with Crippen molar-refractivity contribution < 1.29 is 9.53 Å². The van der Waals surface area contributed by atoms with Gasteiger partial charge >= 0.3 is 0 Å². The maximum absolute atomic E-state index is 12.5. The zero-order chi connectivity index (χ0) is 13.4. The molecule has 0 aliphatic rings. The third kappa shape index (κ3) is 1.94. The fourth-order valence-electron chi connectivity index (χ4n) is 2.17. The van der Waals surface area contributed by atoms with Gasteiger partial charge in [-0.2, -0.15) is 0 Å². The van der Waals surface area contributed by atoms with Crippen LogP contribution in [0, 0.1) is 6.92 Å². The summed E-state index contributed by atoms with van der Waals surface area (Å²) in [6, 6.07) is 7.19. The first-order chi connectivity index (χ1) is 9.20. The van der Waals surface area contributed by atoms with Crippen molar-refractivity contribution in [2.45, 2.75) is 6.92 Å². The Hall–Kier alpha value is -2.07. The van der Waals surface area contributed by atoms with Crippen molar-refractivity contribution in [2.75, 3.05) is 7.11 Å². The molecule has 1 N–H and O–H groups in total. The highest BCUT2D eigenvalue weighted by molar-refractivity contribution is 7.17. The molecule has 3 aromatic rings. The maximum atomic E-state index is 12.5. The van der Waals surface area contributed by atoms with Crippen LogP contribution >= 0.6 is 11.3 Å². The van der Waals surface area contributed by atoms with Crippen LogP contribution in [-0.4, -0.2) is 17.9 Å². The zero-order valence-electron chi connectivity index (χ0n) is 10.7. The van der Waals surface area contributed by atoms with Gasteiger partial charge in [0.1, 0.15) is 10.6 Å². The van der Waals surface area contributed by atoms with Crippen molar-refractivity contribution in [1.29, 1.82) is 0 Å². The summed E-state index contributed by atoms with van der Waals surface area (Å²) in [5, 5.41) is 3.09. The summed E-state index contributed by atoms with van der Waals surface area (Å²) in [6.45, 7) is 2.03. The SMILES string of the molecule is COc1ccc(C(=O)c2c[nH]c3scc(C)c23)cc1. The summed E-state index contributed by atoms with van der Waals surface area (Å²) in [5.74, 6) is 0.790. The third-order valence-electron chi connectivity index (χ3n) is 3.19. The zero-order valence-corrected chi connectivity index (χ0v) is 11.5. The molecule has 96 valence electrons. The number of aromatic amines is 1. The number of H-pyrrole nitrogens is 1. The molecule has 0 spiro atoms. The van der Waals surface area contributed by atoms with Crippen molar-refractivity contribution in [3.05, 3.63) is 52.5 Å². The van der Waals surface area contributed by atoms with Gasteiger partial charge in [-0.05, 0) is 42.1 Å². The number of fused-ring (bicyclic) bond motifs is 1. The monoisotopic (exact) mass is 271 g/mol. The summed E-state index contributed by atoms with van der Waals surface area (Å²) in [4.78, 5) is 16.7. The Bertz CT molecular complexity index is 737. The Labute approximate surface area is 114 Å². The van der Waals surface area contributed by atoms with E-state index in [1.165, 1.54) is 0 Å². The van der Waals surface area contributed by atoms with E-state index in [9.17, 15) is 4.79 Å². The first kappa shape index (κ1) is 12.0. The van der Waals surface area contributed by atoms with E-state index in [4.69, 9.17) is 4.74 Å². The van der Waals surface area contributed by atoms with Gasteiger partial charge in [0.2, 0.25) is 0 Å². The number of aromatic nitrogens is 1. The highest BCUT2D eigenvalue weighted by atomic mass is 32.1. The molecular formula is C15H13NO2S. The fourth-order valence-corrected chi connectivity index (χ4v) is 3.10. The molecule has 2 heterocycles. The molecule has 0 fully saturated rings. The van der Waals surface area contributed by atoms with Crippen molar-refractivity contribution in [3.8, 4) is 5.75 Å². The van der Waals surface area contributed by atoms with Gasteiger partial charge < -0.3 is 9.72 Å². The van der Waals surface area contributed by atoms with Gasteiger partial charge in [0, 0.05) is 22.7 Å². The molecule has 3 rings (SSSR count). The minimum atomic E-state index is 0.0374. The van der Waals surface area contributed by atoms with Gasteiger partial charge in [-0.3, -0.25) is 4.79 Å². The van der Waals surface area contributed by atoms with Crippen LogP contribution in [0.2, 0.25) is 0 Å². The normalized spacial score (nSPS) is 10.8. The summed E-state index contributed by atoms with van der Waals surface area (Å²) in [7, 11) is 1.61. The Morgan fingerprint density at radius 3 is 2.68 bits per heavy atom. The highest BCUT2D eigenvalue weighted by Gasteiger charge is 2.16. The van der Waals surface area contributed by atoms with E-state index >= 15 is 0 Å². The van der Waals surface area contributed by atoms with Gasteiger partial charge in [-0.1, -0.05) is 0 Å². The van der Waals surface area contributed by atoms with Crippen LogP contribution in [0.5, 0.6) is 5.75 Å². The molecule has 0 saturated heterocycles. The Morgan fingerprint density at radius 2 is 2.00 bits per heavy atom. The molecule has 0 saturated carbocycles. The third-order valence-corrected chi connectivity index (χ3v) is 4.22. The van der Waals surface area contributed by atoms with Gasteiger partial charge in [-0.15, -0.1) is 11.3 Å². The molecular weight excluding hydrogens is 258 g/mol. The molecule has 3 nitrogen and oxygen atoms in total. The minimum Gasteiger partial charge on any atom is -0.497 e. The van der Waals surface area contributed by atoms with Crippen LogP contribution in [0.3, 0.4) is 0 Å². The number of benzene rings is 1. The number of carbonyl (C=O) groups is 1. The van der Waals surface area contributed by atoms with Crippen LogP contribution in [-0.2, 0) is 0 Å². The van der Waals surface area contributed by atoms with Gasteiger partial charge in [0.25, 0.3) is 0 Å². The van der Waals surface area contributed by atoms with E-state index in [0.29, 0.717) is 5.56 Å². The molecule has 2 aromatic heterocycles. The maximum Gasteiger partial charge on any atom is 0.195 e. The number of hydrogen-bond acceptors (Lipinski definition) is 3. The predicted molar refractivity (Wildman–Crippen MR) is 77.3 cm³/mol. The van der Waals surface area contributed by atoms with E-state index in [2.05, 4.69) is 10.4 Å². The largest absolute Gasteiger partial charge is 0.497 e. The summed E-state index contributed by atoms with van der Waals surface area (Å²) >= 11 is 1.63. The number of hydrogen-bond donors (Lipinski definition) is 1. The lowest BCUT2D eigenvalue weighted by Gasteiger charge is -2.02. The molecule has 0 amide bonds. The molecule has 19 heavy (non-hydrogen) atoms. The van der Waals surface area contributed by atoms with Crippen LogP contribution in [0.15, 0.2) is 35.8 Å². The molecule has 0 bridgehead atoms. The number of carbonyl (C=O) groups excluding carboxylic acids is 1. The van der Waals surface area contributed by atoms with Crippen molar-refractivity contribution >= 4 is 27.3 Å².